The maximum absolute atomic E-state index is 13.8. The van der Waals surface area contributed by atoms with Crippen molar-refractivity contribution < 1.29 is 85.7 Å². The normalized spacial score (nSPS) is 23.3. The summed E-state index contributed by atoms with van der Waals surface area (Å²) in [6, 6.07) is 3.06. The Balaban J connectivity index is 0.987. The summed E-state index contributed by atoms with van der Waals surface area (Å²) in [5.41, 5.74) is -0.304. The molecule has 21 heteroatoms. The van der Waals surface area contributed by atoms with Crippen LogP contribution >= 0.6 is 23.5 Å². The summed E-state index contributed by atoms with van der Waals surface area (Å²) in [5, 5.41) is 0. The number of carbonyl (C=O) groups excluding carboxylic acids is 8. The highest BCUT2D eigenvalue weighted by Gasteiger charge is 2.38. The lowest BCUT2D eigenvalue weighted by Crippen LogP contribution is -2.33. The number of thioether (sulfide) groups is 2. The third-order valence-electron chi connectivity index (χ3n) is 14.7. The van der Waals surface area contributed by atoms with Crippen molar-refractivity contribution in [1.29, 1.82) is 0 Å². The van der Waals surface area contributed by atoms with Gasteiger partial charge in [-0.1, -0.05) is 43.3 Å². The first kappa shape index (κ1) is 63.2. The second-order valence-corrected chi connectivity index (χ2v) is 22.7. The first-order valence-corrected chi connectivity index (χ1v) is 29.7. The molecular weight excluding hydrogens is 1070 g/mol. The summed E-state index contributed by atoms with van der Waals surface area (Å²) >= 11 is 2.07. The SMILES string of the molecule is [C-]#[N+]C(C(=O)OCCCCOC(=O)C=C)=C1Sc2c(OC(=O)C3CCC(OC(=O)C4CCC(OCCCCOC(=O)C=C)CC4)CC3)ccc(OC(=O)C3CCC(OC(=O)C4CCC(OCCCCOC(=O)C=C)CC4)CC3)c2S1. The van der Waals surface area contributed by atoms with Gasteiger partial charge in [-0.2, -0.15) is 0 Å². The van der Waals surface area contributed by atoms with Crippen LogP contribution in [0.1, 0.15) is 141 Å². The third-order valence-corrected chi connectivity index (χ3v) is 17.3. The Hall–Kier alpha value is -5.95. The van der Waals surface area contributed by atoms with E-state index in [0.29, 0.717) is 139 Å². The van der Waals surface area contributed by atoms with E-state index in [9.17, 15) is 38.4 Å². The molecule has 0 saturated heterocycles. The van der Waals surface area contributed by atoms with Crippen LogP contribution < -0.4 is 9.47 Å². The highest BCUT2D eigenvalue weighted by atomic mass is 32.2. The van der Waals surface area contributed by atoms with Crippen LogP contribution in [0.3, 0.4) is 0 Å². The van der Waals surface area contributed by atoms with E-state index in [0.717, 1.165) is 80.3 Å². The molecule has 19 nitrogen and oxygen atoms in total. The number of hydrogen-bond donors (Lipinski definition) is 0. The van der Waals surface area contributed by atoms with Crippen LogP contribution in [0.5, 0.6) is 11.5 Å². The van der Waals surface area contributed by atoms with Gasteiger partial charge in [-0.25, -0.2) is 19.2 Å². The standard InChI is InChI=1S/C59H75NO18S2/c1-5-48(61)71-34-10-8-32-69-42-22-14-38(15-23-42)54(64)75-44-26-18-40(19-27-44)56(66)77-46-30-31-47(53-52(46)79-59(80-53)51(60-4)58(68)74-37-13-12-36-73-50(63)7-3)78-57(67)41-20-28-45(29-21-41)76-55(65)39-16-24-43(25-17-39)70-33-9-11-35-72-49(62)6-2/h5-7,30-31,38-45H,1-3,8-29,32-37H2. The number of carbonyl (C=O) groups is 8. The van der Waals surface area contributed by atoms with E-state index in [1.54, 1.807) is 0 Å². The van der Waals surface area contributed by atoms with E-state index in [-0.39, 0.29) is 82.8 Å². The van der Waals surface area contributed by atoms with E-state index >= 15 is 0 Å². The van der Waals surface area contributed by atoms with Crippen molar-refractivity contribution in [2.45, 2.75) is 175 Å². The van der Waals surface area contributed by atoms with Gasteiger partial charge >= 0.3 is 47.8 Å². The van der Waals surface area contributed by atoms with Gasteiger partial charge in [0.2, 0.25) is 0 Å². The quantitative estimate of drug-likeness (QED) is 0.0181. The van der Waals surface area contributed by atoms with Crippen LogP contribution in [0.15, 0.2) is 69.8 Å². The highest BCUT2D eigenvalue weighted by Crippen LogP contribution is 2.59. The van der Waals surface area contributed by atoms with Crippen LogP contribution in [0.2, 0.25) is 0 Å². The molecule has 1 aromatic rings. The number of fused-ring (bicyclic) bond motifs is 1. The fraction of sp³-hybridized carbons (Fsp3) is 0.610. The lowest BCUT2D eigenvalue weighted by molar-refractivity contribution is -0.160. The average molecular weight is 1150 g/mol. The predicted octanol–water partition coefficient (Wildman–Crippen LogP) is 10.2. The smallest absolute Gasteiger partial charge is 0.338 e. The number of ether oxygens (including phenoxy) is 10. The molecule has 1 heterocycles. The number of rotatable bonds is 29. The van der Waals surface area contributed by atoms with Gasteiger partial charge in [0, 0.05) is 31.4 Å². The summed E-state index contributed by atoms with van der Waals surface area (Å²) in [4.78, 5) is 105. The van der Waals surface area contributed by atoms with Crippen molar-refractivity contribution in [3.05, 3.63) is 71.4 Å². The van der Waals surface area contributed by atoms with Crippen LogP contribution in [0.25, 0.3) is 4.85 Å². The summed E-state index contributed by atoms with van der Waals surface area (Å²) in [6.07, 6.45) is 15.7. The lowest BCUT2D eigenvalue weighted by Gasteiger charge is -2.31. The van der Waals surface area contributed by atoms with Crippen molar-refractivity contribution in [2.75, 3.05) is 39.6 Å². The highest BCUT2D eigenvalue weighted by molar-refractivity contribution is 8.24. The minimum absolute atomic E-state index is 0.0386. The van der Waals surface area contributed by atoms with Gasteiger partial charge in [-0.3, -0.25) is 24.0 Å². The molecule has 1 aromatic carbocycles. The maximum Gasteiger partial charge on any atom is 0.338 e. The summed E-state index contributed by atoms with van der Waals surface area (Å²) in [7, 11) is 0. The molecule has 6 rings (SSSR count). The van der Waals surface area contributed by atoms with E-state index in [4.69, 9.17) is 53.9 Å². The van der Waals surface area contributed by atoms with Gasteiger partial charge in [-0.05, 0) is 153 Å². The molecule has 5 aliphatic rings. The molecule has 0 unspecified atom stereocenters. The van der Waals surface area contributed by atoms with E-state index in [1.165, 1.54) is 12.1 Å². The summed E-state index contributed by atoms with van der Waals surface area (Å²) in [6.45, 7) is 19.9. The zero-order valence-electron chi connectivity index (χ0n) is 45.5. The zero-order chi connectivity index (χ0) is 57.2. The van der Waals surface area contributed by atoms with Crippen LogP contribution in [0.4, 0.5) is 0 Å². The Morgan fingerprint density at radius 2 is 0.762 bits per heavy atom. The largest absolute Gasteiger partial charge is 0.471 e. The topological polar surface area (TPSA) is 233 Å². The lowest BCUT2D eigenvalue weighted by atomic mass is 9.86. The van der Waals surface area contributed by atoms with Crippen molar-refractivity contribution in [2.24, 2.45) is 23.7 Å². The monoisotopic (exact) mass is 1150 g/mol. The van der Waals surface area contributed by atoms with Crippen molar-refractivity contribution in [3.8, 4) is 11.5 Å². The minimum atomic E-state index is -0.871. The molecule has 4 fully saturated rings. The Morgan fingerprint density at radius 3 is 1.10 bits per heavy atom. The molecule has 436 valence electrons. The van der Waals surface area contributed by atoms with Crippen molar-refractivity contribution >= 4 is 71.3 Å². The number of hydrogen-bond acceptors (Lipinski definition) is 20. The predicted molar refractivity (Wildman–Crippen MR) is 292 cm³/mol. The summed E-state index contributed by atoms with van der Waals surface area (Å²) < 4.78 is 56.6. The molecule has 1 aliphatic heterocycles. The van der Waals surface area contributed by atoms with Gasteiger partial charge in [-0.15, -0.1) is 0 Å². The van der Waals surface area contributed by atoms with Gasteiger partial charge in [0.15, 0.2) is 0 Å². The fourth-order valence-electron chi connectivity index (χ4n) is 10.1. The minimum Gasteiger partial charge on any atom is -0.471 e. The Labute approximate surface area is 476 Å². The fourth-order valence-corrected chi connectivity index (χ4v) is 12.6. The van der Waals surface area contributed by atoms with E-state index < -0.39 is 47.7 Å². The summed E-state index contributed by atoms with van der Waals surface area (Å²) in [5.74, 6) is -4.86. The number of unbranched alkanes of at least 4 members (excludes halogenated alkanes) is 3. The molecule has 4 saturated carbocycles. The second kappa shape index (κ2) is 33.7. The van der Waals surface area contributed by atoms with Gasteiger partial charge < -0.3 is 47.4 Å². The molecule has 0 N–H and O–H groups in total. The molecule has 80 heavy (non-hydrogen) atoms. The Bertz CT molecular complexity index is 2290. The van der Waals surface area contributed by atoms with Gasteiger partial charge in [0.25, 0.3) is 5.70 Å². The van der Waals surface area contributed by atoms with Crippen molar-refractivity contribution in [3.63, 3.8) is 0 Å². The van der Waals surface area contributed by atoms with E-state index in [1.807, 2.05) is 0 Å². The Morgan fingerprint density at radius 1 is 0.450 bits per heavy atom. The first-order valence-electron chi connectivity index (χ1n) is 28.1. The molecular formula is C59H75NO18S2. The van der Waals surface area contributed by atoms with Gasteiger partial charge in [0.05, 0.1) is 82.9 Å². The van der Waals surface area contributed by atoms with Crippen LogP contribution in [-0.2, 0) is 76.3 Å². The molecule has 0 radical (unpaired) electrons. The molecule has 0 spiro atoms. The first-order chi connectivity index (χ1) is 38.8. The number of nitrogens with zero attached hydrogens (tertiary/aromatic N) is 1. The van der Waals surface area contributed by atoms with E-state index in [2.05, 4.69) is 24.6 Å². The molecule has 0 bridgehead atoms. The number of benzene rings is 1. The molecule has 0 amide bonds. The average Bonchev–Trinajstić information content (AvgIpc) is 3.99. The molecule has 4 aliphatic carbocycles. The zero-order valence-corrected chi connectivity index (χ0v) is 47.2. The van der Waals surface area contributed by atoms with Crippen molar-refractivity contribution in [1.82, 2.24) is 0 Å². The molecule has 0 aromatic heterocycles. The van der Waals surface area contributed by atoms with Crippen LogP contribution in [0, 0.1) is 30.2 Å². The second-order valence-electron chi connectivity index (χ2n) is 20.4. The van der Waals surface area contributed by atoms with Crippen LogP contribution in [-0.4, -0.2) is 112 Å². The maximum atomic E-state index is 13.8. The number of esters is 8. The Kier molecular flexibility index (Phi) is 26.7. The third kappa shape index (κ3) is 20.2. The molecule has 0 atom stereocenters. The van der Waals surface area contributed by atoms with Gasteiger partial charge in [0.1, 0.15) is 23.7 Å².